The number of alkyl halides is 6. The number of rotatable bonds is 2. The summed E-state index contributed by atoms with van der Waals surface area (Å²) >= 11 is 0. The molecule has 2 nitrogen and oxygen atoms in total. The highest BCUT2D eigenvalue weighted by molar-refractivity contribution is 5.81. The van der Waals surface area contributed by atoms with Crippen molar-refractivity contribution in [3.05, 3.63) is 46.0 Å². The normalized spacial score (nSPS) is 15.5. The van der Waals surface area contributed by atoms with Gasteiger partial charge in [-0.1, -0.05) is 17.7 Å². The summed E-state index contributed by atoms with van der Waals surface area (Å²) in [5.74, 6) is 0. The van der Waals surface area contributed by atoms with Gasteiger partial charge in [-0.05, 0) is 60.2 Å². The molecule has 0 heterocycles. The fraction of sp³-hybridized carbons (Fsp3) is 0.412. The third-order valence-electron chi connectivity index (χ3n) is 4.02. The predicted octanol–water partition coefficient (Wildman–Crippen LogP) is 4.91. The molecule has 0 aliphatic heterocycles. The third kappa shape index (κ3) is 3.59. The lowest BCUT2D eigenvalue weighted by Gasteiger charge is -2.17. The highest BCUT2D eigenvalue weighted by atomic mass is 19.4. The zero-order chi connectivity index (χ0) is 19.3. The second-order valence-corrected chi connectivity index (χ2v) is 6.09. The number of hydrogen-bond donors (Lipinski definition) is 2. The fourth-order valence-corrected chi connectivity index (χ4v) is 3.10. The molecule has 0 aromatic carbocycles. The van der Waals surface area contributed by atoms with E-state index >= 15 is 0 Å². The van der Waals surface area contributed by atoms with E-state index in [2.05, 4.69) is 0 Å². The van der Waals surface area contributed by atoms with Crippen molar-refractivity contribution in [2.75, 3.05) is 0 Å². The summed E-state index contributed by atoms with van der Waals surface area (Å²) < 4.78 is 77.9. The van der Waals surface area contributed by atoms with Crippen molar-refractivity contribution in [3.63, 3.8) is 0 Å². The van der Waals surface area contributed by atoms with Crippen molar-refractivity contribution in [3.8, 4) is 11.1 Å². The van der Waals surface area contributed by atoms with Gasteiger partial charge in [0, 0.05) is 0 Å². The molecule has 2 atom stereocenters. The van der Waals surface area contributed by atoms with Crippen LogP contribution >= 0.6 is 0 Å². The van der Waals surface area contributed by atoms with Crippen molar-refractivity contribution >= 4 is 0 Å². The number of fused-ring (bicyclic) bond motifs is 1. The average Bonchev–Trinajstić information content (AvgIpc) is 2.78. The van der Waals surface area contributed by atoms with Crippen LogP contribution in [0.15, 0.2) is 18.2 Å². The van der Waals surface area contributed by atoms with Gasteiger partial charge in [-0.3, -0.25) is 0 Å². The van der Waals surface area contributed by atoms with E-state index in [4.69, 9.17) is 0 Å². The molecule has 0 fully saturated rings. The molecule has 138 valence electrons. The van der Waals surface area contributed by atoms with Gasteiger partial charge in [0.05, 0.1) is 0 Å². The summed E-state index contributed by atoms with van der Waals surface area (Å²) in [7, 11) is 0. The maximum atomic E-state index is 13.0. The van der Waals surface area contributed by atoms with Crippen LogP contribution in [0.4, 0.5) is 26.3 Å². The summed E-state index contributed by atoms with van der Waals surface area (Å²) in [5, 5.41) is 19.3. The molecular weight excluding hydrogens is 350 g/mol. The van der Waals surface area contributed by atoms with Gasteiger partial charge in [-0.25, -0.2) is 0 Å². The van der Waals surface area contributed by atoms with E-state index in [0.717, 1.165) is 0 Å². The van der Waals surface area contributed by atoms with Gasteiger partial charge in [0.25, 0.3) is 0 Å². The maximum Gasteiger partial charge on any atom is 0.418 e. The van der Waals surface area contributed by atoms with Crippen LogP contribution in [0.1, 0.15) is 40.0 Å². The predicted molar refractivity (Wildman–Crippen MR) is 79.3 cm³/mol. The maximum absolute atomic E-state index is 13.0. The fourth-order valence-electron chi connectivity index (χ4n) is 3.10. The summed E-state index contributed by atoms with van der Waals surface area (Å²) in [5.41, 5.74) is -0.471. The van der Waals surface area contributed by atoms with Gasteiger partial charge < -0.3 is 10.2 Å². The van der Waals surface area contributed by atoms with Crippen LogP contribution in [-0.2, 0) is 0 Å². The quantitative estimate of drug-likeness (QED) is 0.742. The van der Waals surface area contributed by atoms with Crippen LogP contribution < -0.4 is 0 Å². The van der Waals surface area contributed by atoms with Crippen LogP contribution in [-0.4, -0.2) is 22.6 Å². The first-order chi connectivity index (χ1) is 11.2. The van der Waals surface area contributed by atoms with Crippen LogP contribution in [0, 0.1) is 20.8 Å². The summed E-state index contributed by atoms with van der Waals surface area (Å²) in [6, 6.07) is 3.63. The van der Waals surface area contributed by atoms with Crippen molar-refractivity contribution in [2.45, 2.75) is 45.3 Å². The van der Waals surface area contributed by atoms with Crippen molar-refractivity contribution in [1.29, 1.82) is 0 Å². The number of hydrogen-bond acceptors (Lipinski definition) is 2. The standard InChI is InChI=1S/C17H16F6O2/c1-7-4-8(2)12-10(14(24)16(18,19)20)6-11(13(12)9(3)5-7)15(25)17(21,22)23/h4-6,14-15,24-25H,1-3H3. The molecule has 0 amide bonds. The van der Waals surface area contributed by atoms with Gasteiger partial charge in [-0.2, -0.15) is 26.3 Å². The molecule has 8 heteroatoms. The molecular formula is C17H16F6O2. The molecule has 2 unspecified atom stereocenters. The highest BCUT2D eigenvalue weighted by Crippen LogP contribution is 2.48. The van der Waals surface area contributed by atoms with Crippen molar-refractivity contribution in [1.82, 2.24) is 0 Å². The van der Waals surface area contributed by atoms with Gasteiger partial charge in [-0.15, -0.1) is 0 Å². The van der Waals surface area contributed by atoms with E-state index < -0.39 is 35.7 Å². The van der Waals surface area contributed by atoms with Gasteiger partial charge in [0.2, 0.25) is 0 Å². The molecule has 2 N–H and O–H groups in total. The molecule has 2 rings (SSSR count). The van der Waals surface area contributed by atoms with E-state index in [9.17, 15) is 36.6 Å². The molecule has 0 aromatic heterocycles. The van der Waals surface area contributed by atoms with E-state index in [1.807, 2.05) is 0 Å². The number of aliphatic hydroxyl groups is 2. The van der Waals surface area contributed by atoms with E-state index in [1.54, 1.807) is 6.92 Å². The second-order valence-electron chi connectivity index (χ2n) is 6.09. The van der Waals surface area contributed by atoms with E-state index in [1.165, 1.54) is 26.0 Å². The van der Waals surface area contributed by atoms with Crippen LogP contribution in [0.5, 0.6) is 0 Å². The van der Waals surface area contributed by atoms with Crippen LogP contribution in [0.25, 0.3) is 11.1 Å². The minimum atomic E-state index is -5.05. The molecule has 0 saturated carbocycles. The summed E-state index contributed by atoms with van der Waals surface area (Å²) in [6.07, 6.45) is -16.0. The summed E-state index contributed by atoms with van der Waals surface area (Å²) in [4.78, 5) is 0. The van der Waals surface area contributed by atoms with Crippen molar-refractivity contribution in [2.24, 2.45) is 0 Å². The Labute approximate surface area is 140 Å². The first-order valence-corrected chi connectivity index (χ1v) is 7.29. The zero-order valence-electron chi connectivity index (χ0n) is 13.5. The topological polar surface area (TPSA) is 40.5 Å². The largest absolute Gasteiger partial charge is 0.418 e. The van der Waals surface area contributed by atoms with E-state index in [-0.39, 0.29) is 22.3 Å². The zero-order valence-corrected chi connectivity index (χ0v) is 13.5. The monoisotopic (exact) mass is 366 g/mol. The Morgan fingerprint density at radius 2 is 1.00 bits per heavy atom. The Morgan fingerprint density at radius 3 is 1.28 bits per heavy atom. The Bertz CT molecular complexity index is 703. The Hall–Kier alpha value is -1.80. The lowest BCUT2D eigenvalue weighted by atomic mass is 9.96. The minimum absolute atomic E-state index is 0.131. The number of aliphatic hydroxyl groups excluding tert-OH is 2. The van der Waals surface area contributed by atoms with Crippen LogP contribution in [0.3, 0.4) is 0 Å². The molecule has 0 spiro atoms. The molecule has 2 aliphatic rings. The Kier molecular flexibility index (Phi) is 4.82. The average molecular weight is 366 g/mol. The first kappa shape index (κ1) is 19.5. The number of aryl methyl sites for hydroxylation is 3. The van der Waals surface area contributed by atoms with Crippen LogP contribution in [0.2, 0.25) is 0 Å². The molecule has 0 saturated heterocycles. The van der Waals surface area contributed by atoms with Gasteiger partial charge in [0.1, 0.15) is 0 Å². The summed E-state index contributed by atoms with van der Waals surface area (Å²) in [6.45, 7) is 4.55. The molecule has 2 aliphatic carbocycles. The SMILES string of the molecule is Cc1cc(C)c2c(C(O)C(F)(F)F)cc(C(O)C(F)(F)F)c-2c(C)c1. The van der Waals surface area contributed by atoms with Gasteiger partial charge >= 0.3 is 12.4 Å². The van der Waals surface area contributed by atoms with Gasteiger partial charge in [0.15, 0.2) is 12.2 Å². The lowest BCUT2D eigenvalue weighted by Crippen LogP contribution is -2.21. The smallest absolute Gasteiger partial charge is 0.379 e. The lowest BCUT2D eigenvalue weighted by molar-refractivity contribution is -0.207. The molecule has 25 heavy (non-hydrogen) atoms. The van der Waals surface area contributed by atoms with Crippen molar-refractivity contribution < 1.29 is 36.6 Å². The molecule has 0 bridgehead atoms. The second kappa shape index (κ2) is 6.17. The minimum Gasteiger partial charge on any atom is -0.379 e. The highest BCUT2D eigenvalue weighted by Gasteiger charge is 2.46. The third-order valence-corrected chi connectivity index (χ3v) is 4.02. The molecule has 0 aromatic rings. The first-order valence-electron chi connectivity index (χ1n) is 7.29. The number of halogens is 6. The Balaban J connectivity index is 2.89. The molecule has 0 radical (unpaired) electrons. The Morgan fingerprint density at radius 1 is 0.680 bits per heavy atom. The van der Waals surface area contributed by atoms with E-state index in [0.29, 0.717) is 11.6 Å².